The summed E-state index contributed by atoms with van der Waals surface area (Å²) < 4.78 is 0. The van der Waals surface area contributed by atoms with E-state index in [1.807, 2.05) is 30.3 Å². The highest BCUT2D eigenvalue weighted by Crippen LogP contribution is 2.04. The average molecular weight is 224 g/mol. The second-order valence-corrected chi connectivity index (χ2v) is 3.30. The smallest absolute Gasteiger partial charge is 0.305 e. The van der Waals surface area contributed by atoms with Gasteiger partial charge in [-0.3, -0.25) is 4.79 Å². The number of rotatable bonds is 4. The van der Waals surface area contributed by atoms with Gasteiger partial charge in [0.05, 0.1) is 6.42 Å². The van der Waals surface area contributed by atoms with Crippen LogP contribution in [0.2, 0.25) is 0 Å². The van der Waals surface area contributed by atoms with Gasteiger partial charge in [-0.05, 0) is 24.4 Å². The third-order valence-electron chi connectivity index (χ3n) is 1.66. The molecule has 4 nitrogen and oxygen atoms in total. The Morgan fingerprint density at radius 2 is 2.00 bits per heavy atom. The Balaban J connectivity index is 2.28. The summed E-state index contributed by atoms with van der Waals surface area (Å²) in [5.74, 6) is -0.843. The van der Waals surface area contributed by atoms with Crippen molar-refractivity contribution in [2.45, 2.75) is 6.42 Å². The van der Waals surface area contributed by atoms with Crippen LogP contribution in [0.5, 0.6) is 0 Å². The monoisotopic (exact) mass is 224 g/mol. The number of carboxylic acids is 1. The van der Waals surface area contributed by atoms with Gasteiger partial charge in [0.1, 0.15) is 0 Å². The number of anilines is 1. The predicted molar refractivity (Wildman–Crippen MR) is 62.9 cm³/mol. The van der Waals surface area contributed by atoms with Crippen molar-refractivity contribution >= 4 is 29.0 Å². The molecule has 0 aliphatic carbocycles. The van der Waals surface area contributed by atoms with Crippen LogP contribution in [0.25, 0.3) is 0 Å². The molecule has 1 aromatic rings. The van der Waals surface area contributed by atoms with Gasteiger partial charge in [0, 0.05) is 12.2 Å². The molecule has 0 atom stereocenters. The van der Waals surface area contributed by atoms with Gasteiger partial charge in [-0.25, -0.2) is 0 Å². The van der Waals surface area contributed by atoms with E-state index >= 15 is 0 Å². The number of nitrogens with one attached hydrogen (secondary N) is 2. The summed E-state index contributed by atoms with van der Waals surface area (Å²) in [6.07, 6.45) is 0.0522. The second-order valence-electron chi connectivity index (χ2n) is 2.89. The van der Waals surface area contributed by atoms with Crippen LogP contribution in [0.4, 0.5) is 5.69 Å². The number of aliphatic carboxylic acids is 1. The van der Waals surface area contributed by atoms with Crippen molar-refractivity contribution in [2.24, 2.45) is 0 Å². The lowest BCUT2D eigenvalue weighted by Gasteiger charge is -2.08. The van der Waals surface area contributed by atoms with Crippen LogP contribution in [-0.2, 0) is 4.79 Å². The third kappa shape index (κ3) is 4.97. The summed E-state index contributed by atoms with van der Waals surface area (Å²) in [7, 11) is 0. The number of carbonyl (C=O) groups is 1. The van der Waals surface area contributed by atoms with Crippen molar-refractivity contribution in [1.82, 2.24) is 5.32 Å². The van der Waals surface area contributed by atoms with Gasteiger partial charge in [-0.1, -0.05) is 18.2 Å². The van der Waals surface area contributed by atoms with E-state index in [9.17, 15) is 4.79 Å². The van der Waals surface area contributed by atoms with Crippen molar-refractivity contribution < 1.29 is 9.90 Å². The molecule has 0 amide bonds. The standard InChI is InChI=1S/C10H12N2O2S/c13-9(14)6-7-11-10(15)12-8-4-2-1-3-5-8/h1-5H,6-7H2,(H,13,14)(H2,11,12,15). The first-order chi connectivity index (χ1) is 7.18. The minimum atomic E-state index is -0.843. The Morgan fingerprint density at radius 3 is 2.60 bits per heavy atom. The third-order valence-corrected chi connectivity index (χ3v) is 1.90. The number of hydrogen-bond acceptors (Lipinski definition) is 2. The minimum absolute atomic E-state index is 0.0522. The van der Waals surface area contributed by atoms with Gasteiger partial charge >= 0.3 is 5.97 Å². The van der Waals surface area contributed by atoms with E-state index in [1.165, 1.54) is 0 Å². The number of thiocarbonyl (C=S) groups is 1. The molecule has 0 aliphatic heterocycles. The Bertz CT molecular complexity index is 341. The number of para-hydroxylation sites is 1. The molecule has 0 spiro atoms. The van der Waals surface area contributed by atoms with Crippen molar-refractivity contribution in [3.63, 3.8) is 0 Å². The highest BCUT2D eigenvalue weighted by molar-refractivity contribution is 7.80. The Kier molecular flexibility index (Phi) is 4.56. The number of carboxylic acid groups (broad SMARTS) is 1. The normalized spacial score (nSPS) is 9.33. The molecule has 1 aromatic carbocycles. The van der Waals surface area contributed by atoms with Crippen LogP contribution in [0.15, 0.2) is 30.3 Å². The van der Waals surface area contributed by atoms with Crippen LogP contribution in [-0.4, -0.2) is 22.7 Å². The Labute approximate surface area is 93.3 Å². The van der Waals surface area contributed by atoms with Crippen molar-refractivity contribution in [1.29, 1.82) is 0 Å². The van der Waals surface area contributed by atoms with E-state index in [0.717, 1.165) is 5.69 Å². The molecule has 0 aromatic heterocycles. The van der Waals surface area contributed by atoms with E-state index in [2.05, 4.69) is 10.6 Å². The first-order valence-corrected chi connectivity index (χ1v) is 4.91. The fraction of sp³-hybridized carbons (Fsp3) is 0.200. The minimum Gasteiger partial charge on any atom is -0.481 e. The molecular formula is C10H12N2O2S. The van der Waals surface area contributed by atoms with Crippen LogP contribution < -0.4 is 10.6 Å². The largest absolute Gasteiger partial charge is 0.481 e. The molecule has 0 bridgehead atoms. The number of benzene rings is 1. The summed E-state index contributed by atoms with van der Waals surface area (Å²) in [6.45, 7) is 0.327. The summed E-state index contributed by atoms with van der Waals surface area (Å²) in [6, 6.07) is 9.45. The predicted octanol–water partition coefficient (Wildman–Crippen LogP) is 1.45. The maximum Gasteiger partial charge on any atom is 0.305 e. The van der Waals surface area contributed by atoms with Crippen LogP contribution >= 0.6 is 12.2 Å². The summed E-state index contributed by atoms with van der Waals surface area (Å²) >= 11 is 4.97. The maximum absolute atomic E-state index is 10.2. The Hall–Kier alpha value is -1.62. The van der Waals surface area contributed by atoms with Gasteiger partial charge < -0.3 is 15.7 Å². The lowest BCUT2D eigenvalue weighted by atomic mass is 10.3. The van der Waals surface area contributed by atoms with Crippen LogP contribution in [0.3, 0.4) is 0 Å². The van der Waals surface area contributed by atoms with Gasteiger partial charge in [0.25, 0.3) is 0 Å². The second kappa shape index (κ2) is 5.98. The summed E-state index contributed by atoms with van der Waals surface area (Å²) in [5, 5.41) is 14.6. The summed E-state index contributed by atoms with van der Waals surface area (Å²) in [5.41, 5.74) is 0.880. The highest BCUT2D eigenvalue weighted by atomic mass is 32.1. The van der Waals surface area contributed by atoms with Crippen LogP contribution in [0, 0.1) is 0 Å². The molecule has 0 fully saturated rings. The zero-order valence-electron chi connectivity index (χ0n) is 8.06. The Morgan fingerprint density at radius 1 is 1.33 bits per heavy atom. The SMILES string of the molecule is O=C(O)CCNC(=S)Nc1ccccc1. The van der Waals surface area contributed by atoms with Gasteiger partial charge in [0.15, 0.2) is 5.11 Å². The molecule has 15 heavy (non-hydrogen) atoms. The van der Waals surface area contributed by atoms with E-state index in [-0.39, 0.29) is 6.42 Å². The molecule has 0 saturated heterocycles. The number of hydrogen-bond donors (Lipinski definition) is 3. The molecule has 0 radical (unpaired) electrons. The molecule has 0 heterocycles. The molecular weight excluding hydrogens is 212 g/mol. The highest BCUT2D eigenvalue weighted by Gasteiger charge is 1.98. The first kappa shape index (κ1) is 11.5. The van der Waals surface area contributed by atoms with Gasteiger partial charge in [-0.15, -0.1) is 0 Å². The van der Waals surface area contributed by atoms with Crippen molar-refractivity contribution in [2.75, 3.05) is 11.9 Å². The topological polar surface area (TPSA) is 61.4 Å². The molecule has 1 rings (SSSR count). The van der Waals surface area contributed by atoms with Crippen LogP contribution in [0.1, 0.15) is 6.42 Å². The quantitative estimate of drug-likeness (QED) is 0.676. The van der Waals surface area contributed by atoms with E-state index in [1.54, 1.807) is 0 Å². The van der Waals surface area contributed by atoms with E-state index in [0.29, 0.717) is 11.7 Å². The maximum atomic E-state index is 10.2. The molecule has 3 N–H and O–H groups in total. The van der Waals surface area contributed by atoms with Crippen molar-refractivity contribution in [3.05, 3.63) is 30.3 Å². The van der Waals surface area contributed by atoms with Crippen molar-refractivity contribution in [3.8, 4) is 0 Å². The zero-order chi connectivity index (χ0) is 11.1. The van der Waals surface area contributed by atoms with E-state index < -0.39 is 5.97 Å². The van der Waals surface area contributed by atoms with E-state index in [4.69, 9.17) is 17.3 Å². The lowest BCUT2D eigenvalue weighted by Crippen LogP contribution is -2.30. The average Bonchev–Trinajstić information content (AvgIpc) is 2.18. The molecule has 80 valence electrons. The zero-order valence-corrected chi connectivity index (χ0v) is 8.88. The molecule has 0 saturated carbocycles. The first-order valence-electron chi connectivity index (χ1n) is 4.50. The molecule has 0 unspecified atom stereocenters. The lowest BCUT2D eigenvalue weighted by molar-refractivity contribution is -0.136. The van der Waals surface area contributed by atoms with Gasteiger partial charge in [-0.2, -0.15) is 0 Å². The fourth-order valence-electron chi connectivity index (χ4n) is 0.980. The van der Waals surface area contributed by atoms with Gasteiger partial charge in [0.2, 0.25) is 0 Å². The molecule has 5 heteroatoms. The summed E-state index contributed by atoms with van der Waals surface area (Å²) in [4.78, 5) is 10.2. The molecule has 0 aliphatic rings. The fourth-order valence-corrected chi connectivity index (χ4v) is 1.20.